The zero-order chi connectivity index (χ0) is 15.5. The van der Waals surface area contributed by atoms with Crippen LogP contribution in [-0.4, -0.2) is 63.3 Å². The van der Waals surface area contributed by atoms with Gasteiger partial charge >= 0.3 is 0 Å². The van der Waals surface area contributed by atoms with Crippen LogP contribution in [0.15, 0.2) is 12.7 Å². The third-order valence-electron chi connectivity index (χ3n) is 3.47. The molecule has 1 saturated heterocycles. The molecule has 1 aromatic heterocycles. The van der Waals surface area contributed by atoms with Crippen LogP contribution in [0.25, 0.3) is 0 Å². The molecule has 0 radical (unpaired) electrons. The Kier molecular flexibility index (Phi) is 8.03. The molecule has 0 bridgehead atoms. The van der Waals surface area contributed by atoms with Gasteiger partial charge in [-0.15, -0.1) is 0 Å². The van der Waals surface area contributed by atoms with Gasteiger partial charge in [-0.3, -0.25) is 14.3 Å². The zero-order valence-corrected chi connectivity index (χ0v) is 12.3. The van der Waals surface area contributed by atoms with Gasteiger partial charge in [-0.1, -0.05) is 6.42 Å². The average Bonchev–Trinajstić information content (AvgIpc) is 2.95. The number of amides is 1. The van der Waals surface area contributed by atoms with Crippen molar-refractivity contribution in [2.75, 3.05) is 20.1 Å². The molecule has 118 valence electrons. The number of carbonyl (C=O) groups is 2. The number of nitrogens with zero attached hydrogens (tertiary/aromatic N) is 4. The number of hydrogen-bond donors (Lipinski definition) is 2. The minimum absolute atomic E-state index is 0.133. The number of aromatic nitrogens is 3. The van der Waals surface area contributed by atoms with Gasteiger partial charge in [0.1, 0.15) is 12.7 Å². The highest BCUT2D eigenvalue weighted by Gasteiger charge is 2.21. The van der Waals surface area contributed by atoms with E-state index in [0.717, 1.165) is 13.0 Å². The van der Waals surface area contributed by atoms with Crippen molar-refractivity contribution >= 4 is 12.4 Å². The maximum Gasteiger partial charge on any atom is 0.290 e. The molecular formula is C13H23N5O3. The first kappa shape index (κ1) is 17.1. The van der Waals surface area contributed by atoms with E-state index in [-0.39, 0.29) is 12.4 Å². The van der Waals surface area contributed by atoms with E-state index in [2.05, 4.69) is 27.3 Å². The normalized spacial score (nSPS) is 18.4. The highest BCUT2D eigenvalue weighted by molar-refractivity contribution is 5.76. The summed E-state index contributed by atoms with van der Waals surface area (Å²) < 4.78 is 1.72. The van der Waals surface area contributed by atoms with Gasteiger partial charge in [0, 0.05) is 19.0 Å². The zero-order valence-electron chi connectivity index (χ0n) is 12.3. The van der Waals surface area contributed by atoms with Crippen LogP contribution in [0.2, 0.25) is 0 Å². The summed E-state index contributed by atoms with van der Waals surface area (Å²) in [5, 5.41) is 13.8. The van der Waals surface area contributed by atoms with Crippen molar-refractivity contribution in [2.45, 2.75) is 38.3 Å². The van der Waals surface area contributed by atoms with Crippen LogP contribution in [0.3, 0.4) is 0 Å². The monoisotopic (exact) mass is 297 g/mol. The Bertz CT molecular complexity index is 410. The summed E-state index contributed by atoms with van der Waals surface area (Å²) in [5.41, 5.74) is 0. The Morgan fingerprint density at radius 2 is 2.29 bits per heavy atom. The fraction of sp³-hybridized carbons (Fsp3) is 0.692. The van der Waals surface area contributed by atoms with Crippen molar-refractivity contribution in [1.82, 2.24) is 25.0 Å². The van der Waals surface area contributed by atoms with Gasteiger partial charge in [0.2, 0.25) is 5.91 Å². The highest BCUT2D eigenvalue weighted by Crippen LogP contribution is 2.17. The lowest BCUT2D eigenvalue weighted by molar-refractivity contribution is -0.123. The van der Waals surface area contributed by atoms with Gasteiger partial charge in [-0.05, 0) is 26.4 Å². The molecule has 0 aromatic carbocycles. The highest BCUT2D eigenvalue weighted by atomic mass is 16.3. The van der Waals surface area contributed by atoms with Gasteiger partial charge in [-0.25, -0.2) is 4.98 Å². The summed E-state index contributed by atoms with van der Waals surface area (Å²) in [6.07, 6.45) is 7.38. The summed E-state index contributed by atoms with van der Waals surface area (Å²) >= 11 is 0. The number of hydrogen-bond acceptors (Lipinski definition) is 5. The van der Waals surface area contributed by atoms with E-state index in [1.54, 1.807) is 11.0 Å². The molecule has 1 atom stereocenters. The number of nitrogens with one attached hydrogen (secondary N) is 1. The van der Waals surface area contributed by atoms with Crippen molar-refractivity contribution in [2.24, 2.45) is 0 Å². The number of piperidine rings is 1. The van der Waals surface area contributed by atoms with Crippen molar-refractivity contribution < 1.29 is 14.7 Å². The van der Waals surface area contributed by atoms with Crippen LogP contribution in [0.5, 0.6) is 0 Å². The topological polar surface area (TPSA) is 100 Å². The number of carbonyl (C=O) groups excluding carboxylic acids is 1. The fourth-order valence-corrected chi connectivity index (χ4v) is 2.35. The standard InChI is InChI=1S/C12H21N5O.CH2O2/c1-16-6-3-2-4-11(16)8-12(18)14-5-7-17-10-13-9-15-17;2-1-3/h9-11H,2-8H2,1H3,(H,14,18);1H,(H,2,3). The van der Waals surface area contributed by atoms with E-state index >= 15 is 0 Å². The van der Waals surface area contributed by atoms with E-state index in [9.17, 15) is 4.79 Å². The van der Waals surface area contributed by atoms with E-state index in [4.69, 9.17) is 9.90 Å². The fourth-order valence-electron chi connectivity index (χ4n) is 2.35. The van der Waals surface area contributed by atoms with Crippen LogP contribution in [-0.2, 0) is 16.1 Å². The van der Waals surface area contributed by atoms with Crippen LogP contribution in [0.4, 0.5) is 0 Å². The predicted octanol–water partition coefficient (Wildman–Crippen LogP) is -0.0305. The Balaban J connectivity index is 0.000000677. The Morgan fingerprint density at radius 1 is 1.52 bits per heavy atom. The molecule has 0 spiro atoms. The molecule has 1 aliphatic heterocycles. The molecule has 2 rings (SSSR count). The summed E-state index contributed by atoms with van der Waals surface area (Å²) in [6.45, 7) is 2.14. The first-order valence-corrected chi connectivity index (χ1v) is 7.04. The summed E-state index contributed by atoms with van der Waals surface area (Å²) in [5.74, 6) is 0.133. The lowest BCUT2D eigenvalue weighted by Crippen LogP contribution is -2.40. The summed E-state index contributed by atoms with van der Waals surface area (Å²) in [4.78, 5) is 26.3. The lowest BCUT2D eigenvalue weighted by Gasteiger charge is -2.31. The second-order valence-electron chi connectivity index (χ2n) is 4.95. The SMILES string of the molecule is CN1CCCCC1CC(=O)NCCn1cncn1.O=CO. The number of rotatable bonds is 5. The van der Waals surface area contributed by atoms with Crippen LogP contribution >= 0.6 is 0 Å². The van der Waals surface area contributed by atoms with Crippen molar-refractivity contribution in [3.63, 3.8) is 0 Å². The van der Waals surface area contributed by atoms with E-state index < -0.39 is 0 Å². The first-order valence-electron chi connectivity index (χ1n) is 7.04. The quantitative estimate of drug-likeness (QED) is 0.740. The summed E-state index contributed by atoms with van der Waals surface area (Å²) in [7, 11) is 2.10. The molecule has 2 heterocycles. The number of carboxylic acid groups (broad SMARTS) is 1. The molecular weight excluding hydrogens is 274 g/mol. The van der Waals surface area contributed by atoms with Crippen molar-refractivity contribution in [3.05, 3.63) is 12.7 Å². The second kappa shape index (κ2) is 9.87. The molecule has 1 aromatic rings. The third kappa shape index (κ3) is 6.84. The molecule has 0 aliphatic carbocycles. The molecule has 2 N–H and O–H groups in total. The molecule has 1 fully saturated rings. The predicted molar refractivity (Wildman–Crippen MR) is 76.6 cm³/mol. The second-order valence-corrected chi connectivity index (χ2v) is 4.95. The van der Waals surface area contributed by atoms with Gasteiger partial charge < -0.3 is 15.3 Å². The Labute approximate surface area is 124 Å². The smallest absolute Gasteiger partial charge is 0.290 e. The van der Waals surface area contributed by atoms with Crippen LogP contribution < -0.4 is 5.32 Å². The van der Waals surface area contributed by atoms with Crippen molar-refractivity contribution in [3.8, 4) is 0 Å². The molecule has 1 amide bonds. The molecule has 8 nitrogen and oxygen atoms in total. The lowest BCUT2D eigenvalue weighted by atomic mass is 10.00. The van der Waals surface area contributed by atoms with E-state index in [0.29, 0.717) is 25.6 Å². The van der Waals surface area contributed by atoms with Crippen LogP contribution in [0, 0.1) is 0 Å². The molecule has 0 saturated carbocycles. The summed E-state index contributed by atoms with van der Waals surface area (Å²) in [6, 6.07) is 0.408. The minimum Gasteiger partial charge on any atom is -0.483 e. The first-order chi connectivity index (χ1) is 10.2. The maximum absolute atomic E-state index is 11.8. The maximum atomic E-state index is 11.8. The van der Waals surface area contributed by atoms with Gasteiger partial charge in [0.25, 0.3) is 6.47 Å². The van der Waals surface area contributed by atoms with Crippen LogP contribution in [0.1, 0.15) is 25.7 Å². The molecule has 1 aliphatic rings. The van der Waals surface area contributed by atoms with Crippen molar-refractivity contribution in [1.29, 1.82) is 0 Å². The van der Waals surface area contributed by atoms with Gasteiger partial charge in [0.05, 0.1) is 6.54 Å². The molecule has 1 unspecified atom stereocenters. The van der Waals surface area contributed by atoms with Gasteiger partial charge in [0.15, 0.2) is 0 Å². The average molecular weight is 297 g/mol. The largest absolute Gasteiger partial charge is 0.483 e. The Hall–Kier alpha value is -1.96. The van der Waals surface area contributed by atoms with E-state index in [1.807, 2.05) is 0 Å². The molecule has 21 heavy (non-hydrogen) atoms. The minimum atomic E-state index is -0.250. The van der Waals surface area contributed by atoms with E-state index in [1.165, 1.54) is 19.2 Å². The Morgan fingerprint density at radius 3 is 2.90 bits per heavy atom. The van der Waals surface area contributed by atoms with Gasteiger partial charge in [-0.2, -0.15) is 5.10 Å². The third-order valence-corrected chi connectivity index (χ3v) is 3.47. The molecule has 8 heteroatoms. The number of likely N-dealkylation sites (tertiary alicyclic amines) is 1.